The minimum Gasteiger partial charge on any atom is -0.491 e. The third-order valence-corrected chi connectivity index (χ3v) is 4.10. The van der Waals surface area contributed by atoms with Crippen molar-refractivity contribution in [2.75, 3.05) is 19.0 Å². The number of aliphatic hydroxyl groups is 2. The van der Waals surface area contributed by atoms with Crippen molar-refractivity contribution >= 4 is 34.4 Å². The Kier molecular flexibility index (Phi) is 16.0. The maximum absolute atomic E-state index is 10.7. The maximum atomic E-state index is 10.7. The molecule has 2 atom stereocenters. The van der Waals surface area contributed by atoms with Crippen LogP contribution < -0.4 is 10.1 Å². The molecule has 1 heterocycles. The van der Waals surface area contributed by atoms with Crippen LogP contribution in [0.4, 0.5) is 5.69 Å². The van der Waals surface area contributed by atoms with E-state index in [1.165, 1.54) is 6.92 Å². The van der Waals surface area contributed by atoms with Gasteiger partial charge in [0.1, 0.15) is 12.4 Å². The van der Waals surface area contributed by atoms with Gasteiger partial charge in [-0.05, 0) is 50.2 Å². The number of rotatable bonds is 8. The molecule has 3 aromatic rings. The van der Waals surface area contributed by atoms with E-state index in [-0.39, 0.29) is 13.0 Å². The van der Waals surface area contributed by atoms with Gasteiger partial charge in [-0.1, -0.05) is 38.6 Å². The lowest BCUT2D eigenvalue weighted by atomic mass is 10.2. The van der Waals surface area contributed by atoms with Gasteiger partial charge in [-0.15, -0.1) is 0 Å². The van der Waals surface area contributed by atoms with Crippen LogP contribution in [0, 0.1) is 0 Å². The highest BCUT2D eigenvalue weighted by Crippen LogP contribution is 2.23. The molecule has 2 aromatic carbocycles. The van der Waals surface area contributed by atoms with E-state index in [4.69, 9.17) is 20.1 Å². The van der Waals surface area contributed by atoms with Crippen molar-refractivity contribution in [2.45, 2.75) is 46.3 Å². The van der Waals surface area contributed by atoms with E-state index in [1.54, 1.807) is 6.92 Å². The number of aromatic nitrogens is 1. The van der Waals surface area contributed by atoms with Crippen LogP contribution >= 0.6 is 0 Å². The summed E-state index contributed by atoms with van der Waals surface area (Å²) in [6.45, 7) is 11.0. The highest BCUT2D eigenvalue weighted by Gasteiger charge is 2.05. The monoisotopic (exact) mass is 486 g/mol. The summed E-state index contributed by atoms with van der Waals surface area (Å²) in [7, 11) is 1.91. The van der Waals surface area contributed by atoms with Crippen molar-refractivity contribution in [1.82, 2.24) is 4.98 Å². The molecule has 8 nitrogen and oxygen atoms in total. The molecule has 0 aliphatic heterocycles. The van der Waals surface area contributed by atoms with Gasteiger partial charge in [-0.2, -0.15) is 0 Å². The summed E-state index contributed by atoms with van der Waals surface area (Å²) in [4.78, 5) is 23.4. The number of allylic oxidation sites excluding steroid dienone is 1. The summed E-state index contributed by atoms with van der Waals surface area (Å²) in [6.07, 6.45) is -0.676. The quantitative estimate of drug-likeness (QED) is 0.230. The number of fused-ring (bicyclic) bond motifs is 1. The third-order valence-electron chi connectivity index (χ3n) is 4.10. The predicted octanol–water partition coefficient (Wildman–Crippen LogP) is 4.74. The van der Waals surface area contributed by atoms with Crippen molar-refractivity contribution in [2.24, 2.45) is 0 Å². The van der Waals surface area contributed by atoms with Crippen LogP contribution in [-0.2, 0) is 9.59 Å². The zero-order valence-electron chi connectivity index (χ0n) is 21.1. The molecule has 0 bridgehead atoms. The molecular weight excluding hydrogens is 448 g/mol. The standard InChI is InChI=1S/C14H15NO3.C7H9N.C4H8O3.C2H6/c1-9(7-16)14-6-11-5-12(18-8-10(2)17)3-4-13(11)15-14;1-8-7-5-3-2-4-6-7;1-3(5)2-4(6)7;1-2/h3-7,10,15,17H,1,8H2,2H3;2-6,8H,1H3;3,5H,2H2,1H3,(H,6,7);1-2H3/t10-;;3-;/m0.1./s1. The summed E-state index contributed by atoms with van der Waals surface area (Å²) in [5.41, 5.74) is 3.19. The zero-order chi connectivity index (χ0) is 26.8. The van der Waals surface area contributed by atoms with Gasteiger partial charge in [0.25, 0.3) is 0 Å². The Morgan fingerprint density at radius 2 is 1.71 bits per heavy atom. The van der Waals surface area contributed by atoms with Gasteiger partial charge in [-0.25, -0.2) is 0 Å². The Balaban J connectivity index is 0.000000564. The average molecular weight is 487 g/mol. The number of carbonyl (C=O) groups is 2. The van der Waals surface area contributed by atoms with Crippen molar-refractivity contribution < 1.29 is 29.6 Å². The zero-order valence-corrected chi connectivity index (χ0v) is 21.1. The van der Waals surface area contributed by atoms with E-state index in [2.05, 4.69) is 16.9 Å². The molecule has 0 radical (unpaired) electrons. The molecule has 3 rings (SSSR count). The summed E-state index contributed by atoms with van der Waals surface area (Å²) in [5.74, 6) is -0.277. The Hall–Kier alpha value is -3.62. The van der Waals surface area contributed by atoms with E-state index in [0.717, 1.165) is 22.9 Å². The molecule has 5 N–H and O–H groups in total. The number of carboxylic acids is 1. The largest absolute Gasteiger partial charge is 0.491 e. The number of carboxylic acid groups (broad SMARTS) is 1. The molecule has 0 saturated carbocycles. The maximum Gasteiger partial charge on any atom is 0.305 e. The second-order valence-corrected chi connectivity index (χ2v) is 7.30. The molecule has 0 unspecified atom stereocenters. The SMILES string of the molecule is C=C(C=O)c1cc2cc(OC[C@H](C)O)ccc2[nH]1.CC.CNc1ccccc1.C[C@@H](O)CC(=O)O. The van der Waals surface area contributed by atoms with Gasteiger partial charge in [0, 0.05) is 34.9 Å². The molecule has 0 spiro atoms. The first kappa shape index (κ1) is 31.4. The Morgan fingerprint density at radius 1 is 1.09 bits per heavy atom. The Bertz CT molecular complexity index is 1010. The smallest absolute Gasteiger partial charge is 0.305 e. The minimum atomic E-state index is -0.963. The number of carbonyl (C=O) groups excluding carboxylic acids is 1. The van der Waals surface area contributed by atoms with Crippen LogP contribution in [0.2, 0.25) is 0 Å². The number of hydrogen-bond acceptors (Lipinski definition) is 6. The summed E-state index contributed by atoms with van der Waals surface area (Å²) < 4.78 is 5.42. The highest BCUT2D eigenvalue weighted by atomic mass is 16.5. The first-order valence-corrected chi connectivity index (χ1v) is 11.4. The predicted molar refractivity (Wildman–Crippen MR) is 142 cm³/mol. The third kappa shape index (κ3) is 13.6. The highest BCUT2D eigenvalue weighted by molar-refractivity contribution is 6.06. The lowest BCUT2D eigenvalue weighted by molar-refractivity contribution is -0.138. The fourth-order valence-corrected chi connectivity index (χ4v) is 2.51. The fraction of sp³-hybridized carbons (Fsp3) is 0.333. The molecule has 0 fully saturated rings. The number of aromatic amines is 1. The van der Waals surface area contributed by atoms with Crippen LogP contribution in [0.5, 0.6) is 5.75 Å². The molecule has 0 aliphatic carbocycles. The lowest BCUT2D eigenvalue weighted by Gasteiger charge is -2.07. The van der Waals surface area contributed by atoms with Crippen molar-refractivity contribution in [3.63, 3.8) is 0 Å². The normalized spacial score (nSPS) is 11.2. The molecule has 35 heavy (non-hydrogen) atoms. The molecule has 0 aliphatic rings. The van der Waals surface area contributed by atoms with Gasteiger partial charge < -0.3 is 30.4 Å². The number of para-hydroxylation sites is 1. The van der Waals surface area contributed by atoms with Crippen molar-refractivity contribution in [3.05, 3.63) is 66.9 Å². The van der Waals surface area contributed by atoms with Gasteiger partial charge in [0.2, 0.25) is 0 Å². The van der Waals surface area contributed by atoms with Crippen LogP contribution in [-0.4, -0.2) is 58.4 Å². The lowest BCUT2D eigenvalue weighted by Crippen LogP contribution is -2.12. The van der Waals surface area contributed by atoms with Gasteiger partial charge in [0.05, 0.1) is 18.6 Å². The first-order valence-electron chi connectivity index (χ1n) is 11.4. The Labute approximate surface area is 207 Å². The van der Waals surface area contributed by atoms with Gasteiger partial charge in [-0.3, -0.25) is 9.59 Å². The van der Waals surface area contributed by atoms with E-state index in [9.17, 15) is 9.59 Å². The fourth-order valence-electron chi connectivity index (χ4n) is 2.51. The van der Waals surface area contributed by atoms with Gasteiger partial charge >= 0.3 is 5.97 Å². The second kappa shape index (κ2) is 17.8. The molecular formula is C27H38N2O6. The molecule has 8 heteroatoms. The minimum absolute atomic E-state index is 0.167. The number of aliphatic hydroxyl groups excluding tert-OH is 2. The van der Waals surface area contributed by atoms with Crippen LogP contribution in [0.3, 0.4) is 0 Å². The Morgan fingerprint density at radius 3 is 2.14 bits per heavy atom. The number of H-pyrrole nitrogens is 1. The summed E-state index contributed by atoms with van der Waals surface area (Å²) in [5, 5.41) is 29.4. The number of aldehydes is 1. The molecule has 0 saturated heterocycles. The molecule has 192 valence electrons. The average Bonchev–Trinajstić information content (AvgIpc) is 3.27. The van der Waals surface area contributed by atoms with Crippen molar-refractivity contribution in [1.29, 1.82) is 0 Å². The molecule has 1 aromatic heterocycles. The number of hydrogen-bond donors (Lipinski definition) is 5. The van der Waals surface area contributed by atoms with E-state index >= 15 is 0 Å². The summed E-state index contributed by atoms with van der Waals surface area (Å²) in [6, 6.07) is 17.5. The second-order valence-electron chi connectivity index (χ2n) is 7.30. The topological polar surface area (TPSA) is 132 Å². The van der Waals surface area contributed by atoms with Crippen LogP contribution in [0.1, 0.15) is 39.8 Å². The van der Waals surface area contributed by atoms with E-state index < -0.39 is 18.2 Å². The van der Waals surface area contributed by atoms with Gasteiger partial charge in [0.15, 0.2) is 6.29 Å². The number of ether oxygens (including phenoxy) is 1. The number of anilines is 1. The number of benzene rings is 2. The van der Waals surface area contributed by atoms with E-state index in [0.29, 0.717) is 17.0 Å². The molecule has 0 amide bonds. The number of nitrogens with one attached hydrogen (secondary N) is 2. The number of aliphatic carboxylic acids is 1. The van der Waals surface area contributed by atoms with Crippen LogP contribution in [0.15, 0.2) is 61.2 Å². The van der Waals surface area contributed by atoms with E-state index in [1.807, 2.05) is 75.5 Å². The summed E-state index contributed by atoms with van der Waals surface area (Å²) >= 11 is 0. The van der Waals surface area contributed by atoms with Crippen molar-refractivity contribution in [3.8, 4) is 5.75 Å². The first-order chi connectivity index (χ1) is 16.7. The van der Waals surface area contributed by atoms with Crippen LogP contribution in [0.25, 0.3) is 16.5 Å².